The number of aromatic nitrogens is 2. The second kappa shape index (κ2) is 7.92. The molecule has 4 aromatic rings. The molecule has 0 spiro atoms. The third-order valence-electron chi connectivity index (χ3n) is 4.58. The first kappa shape index (κ1) is 17.7. The minimum atomic E-state index is -0.448. The molecule has 0 aliphatic rings. The summed E-state index contributed by atoms with van der Waals surface area (Å²) in [5.74, 6) is -0.448. The normalized spacial score (nSPS) is 10.6. The topological polar surface area (TPSA) is 44.1 Å². The molecule has 1 heterocycles. The second-order valence-corrected chi connectivity index (χ2v) is 6.52. The van der Waals surface area contributed by atoms with E-state index in [1.807, 2.05) is 60.7 Å². The number of hydrogen-bond donors (Lipinski definition) is 0. The minimum absolute atomic E-state index is 0.287. The summed E-state index contributed by atoms with van der Waals surface area (Å²) in [6.07, 6.45) is 0.845. The van der Waals surface area contributed by atoms with Crippen molar-refractivity contribution in [2.75, 3.05) is 7.11 Å². The zero-order chi connectivity index (χ0) is 19.3. The SMILES string of the molecule is COC(=O)c1cc(-c2cccc(Cc3ccccc3)c2)n(-c2ccccc2)n1. The first-order valence-electron chi connectivity index (χ1n) is 9.11. The fourth-order valence-electron chi connectivity index (χ4n) is 3.23. The molecule has 28 heavy (non-hydrogen) atoms. The molecule has 138 valence electrons. The molecule has 0 radical (unpaired) electrons. The van der Waals surface area contributed by atoms with E-state index in [-0.39, 0.29) is 5.69 Å². The van der Waals surface area contributed by atoms with E-state index < -0.39 is 5.97 Å². The molecule has 0 atom stereocenters. The molecule has 0 aliphatic carbocycles. The van der Waals surface area contributed by atoms with Crippen LogP contribution in [-0.2, 0) is 11.2 Å². The number of benzene rings is 3. The number of esters is 1. The number of ether oxygens (including phenoxy) is 1. The van der Waals surface area contributed by atoms with Gasteiger partial charge < -0.3 is 4.74 Å². The van der Waals surface area contributed by atoms with Crippen LogP contribution in [0.3, 0.4) is 0 Å². The third kappa shape index (κ3) is 3.71. The highest BCUT2D eigenvalue weighted by Gasteiger charge is 2.17. The lowest BCUT2D eigenvalue weighted by Crippen LogP contribution is -2.04. The van der Waals surface area contributed by atoms with Crippen molar-refractivity contribution in [2.24, 2.45) is 0 Å². The first-order valence-corrected chi connectivity index (χ1v) is 9.11. The van der Waals surface area contributed by atoms with Gasteiger partial charge in [0, 0.05) is 5.56 Å². The van der Waals surface area contributed by atoms with Crippen molar-refractivity contribution in [1.29, 1.82) is 0 Å². The summed E-state index contributed by atoms with van der Waals surface area (Å²) in [6, 6.07) is 30.2. The number of carbonyl (C=O) groups is 1. The van der Waals surface area contributed by atoms with Gasteiger partial charge in [0.1, 0.15) is 0 Å². The fourth-order valence-corrected chi connectivity index (χ4v) is 3.23. The van der Waals surface area contributed by atoms with E-state index in [0.717, 1.165) is 23.4 Å². The molecule has 4 nitrogen and oxygen atoms in total. The third-order valence-corrected chi connectivity index (χ3v) is 4.58. The highest BCUT2D eigenvalue weighted by atomic mass is 16.5. The van der Waals surface area contributed by atoms with Gasteiger partial charge in [-0.2, -0.15) is 5.10 Å². The Bertz CT molecular complexity index is 1090. The lowest BCUT2D eigenvalue weighted by atomic mass is 10.0. The van der Waals surface area contributed by atoms with Gasteiger partial charge in [-0.25, -0.2) is 9.48 Å². The molecule has 0 saturated carbocycles. The van der Waals surface area contributed by atoms with Crippen molar-refractivity contribution in [1.82, 2.24) is 9.78 Å². The highest BCUT2D eigenvalue weighted by Crippen LogP contribution is 2.26. The van der Waals surface area contributed by atoms with E-state index in [4.69, 9.17) is 4.74 Å². The molecular weight excluding hydrogens is 348 g/mol. The van der Waals surface area contributed by atoms with Crippen LogP contribution in [0.2, 0.25) is 0 Å². The summed E-state index contributed by atoms with van der Waals surface area (Å²) in [5.41, 5.74) is 5.48. The van der Waals surface area contributed by atoms with Crippen molar-refractivity contribution in [2.45, 2.75) is 6.42 Å². The molecule has 1 aromatic heterocycles. The van der Waals surface area contributed by atoms with Crippen molar-refractivity contribution >= 4 is 5.97 Å². The van der Waals surface area contributed by atoms with Crippen LogP contribution in [0, 0.1) is 0 Å². The van der Waals surface area contributed by atoms with Gasteiger partial charge in [-0.15, -0.1) is 0 Å². The van der Waals surface area contributed by atoms with E-state index in [0.29, 0.717) is 0 Å². The van der Waals surface area contributed by atoms with E-state index in [1.54, 1.807) is 10.7 Å². The lowest BCUT2D eigenvalue weighted by Gasteiger charge is -2.09. The zero-order valence-corrected chi connectivity index (χ0v) is 15.6. The molecule has 4 rings (SSSR count). The molecule has 0 bridgehead atoms. The van der Waals surface area contributed by atoms with Gasteiger partial charge in [-0.05, 0) is 41.8 Å². The molecule has 0 saturated heterocycles. The first-order chi connectivity index (χ1) is 13.7. The Kier molecular flexibility index (Phi) is 5.02. The zero-order valence-electron chi connectivity index (χ0n) is 15.6. The van der Waals surface area contributed by atoms with Gasteiger partial charge in [0.05, 0.1) is 18.5 Å². The number of carbonyl (C=O) groups excluding carboxylic acids is 1. The summed E-state index contributed by atoms with van der Waals surface area (Å²) in [4.78, 5) is 12.1. The van der Waals surface area contributed by atoms with E-state index >= 15 is 0 Å². The summed E-state index contributed by atoms with van der Waals surface area (Å²) >= 11 is 0. The van der Waals surface area contributed by atoms with Crippen LogP contribution < -0.4 is 0 Å². The van der Waals surface area contributed by atoms with Crippen LogP contribution in [0.25, 0.3) is 16.9 Å². The number of nitrogens with zero attached hydrogens (tertiary/aromatic N) is 2. The van der Waals surface area contributed by atoms with Crippen molar-refractivity contribution in [3.8, 4) is 16.9 Å². The number of rotatable bonds is 5. The van der Waals surface area contributed by atoms with Crippen LogP contribution >= 0.6 is 0 Å². The Labute approximate surface area is 164 Å². The summed E-state index contributed by atoms with van der Waals surface area (Å²) < 4.78 is 6.65. The Morgan fingerprint density at radius 3 is 2.25 bits per heavy atom. The Hall–Kier alpha value is -3.66. The maximum absolute atomic E-state index is 12.1. The Balaban J connectivity index is 1.77. The molecule has 0 N–H and O–H groups in total. The average molecular weight is 368 g/mol. The van der Waals surface area contributed by atoms with Crippen LogP contribution in [-0.4, -0.2) is 22.9 Å². The molecule has 4 heteroatoms. The monoisotopic (exact) mass is 368 g/mol. The van der Waals surface area contributed by atoms with Crippen LogP contribution in [0.4, 0.5) is 0 Å². The second-order valence-electron chi connectivity index (χ2n) is 6.52. The van der Waals surface area contributed by atoms with Crippen LogP contribution in [0.5, 0.6) is 0 Å². The van der Waals surface area contributed by atoms with Gasteiger partial charge in [-0.1, -0.05) is 66.7 Å². The number of methoxy groups -OCH3 is 1. The lowest BCUT2D eigenvalue weighted by molar-refractivity contribution is 0.0593. The molecule has 0 aliphatic heterocycles. The quantitative estimate of drug-likeness (QED) is 0.470. The molecular formula is C24H20N2O2. The summed E-state index contributed by atoms with van der Waals surface area (Å²) in [5, 5.41) is 4.48. The Morgan fingerprint density at radius 2 is 1.54 bits per heavy atom. The standard InChI is InChI=1S/C24H20N2O2/c1-28-24(27)22-17-23(26(25-22)21-13-6-3-7-14-21)20-12-8-11-19(16-20)15-18-9-4-2-5-10-18/h2-14,16-17H,15H2,1H3. The average Bonchev–Trinajstić information content (AvgIpc) is 3.20. The maximum Gasteiger partial charge on any atom is 0.358 e. The molecule has 3 aromatic carbocycles. The van der Waals surface area contributed by atoms with Gasteiger partial charge in [0.2, 0.25) is 0 Å². The van der Waals surface area contributed by atoms with E-state index in [2.05, 4.69) is 29.4 Å². The largest absolute Gasteiger partial charge is 0.464 e. The fraction of sp³-hybridized carbons (Fsp3) is 0.0833. The maximum atomic E-state index is 12.1. The molecule has 0 amide bonds. The van der Waals surface area contributed by atoms with Crippen LogP contribution in [0.1, 0.15) is 21.6 Å². The van der Waals surface area contributed by atoms with Gasteiger partial charge in [0.25, 0.3) is 0 Å². The van der Waals surface area contributed by atoms with Crippen LogP contribution in [0.15, 0.2) is 91.0 Å². The smallest absolute Gasteiger partial charge is 0.358 e. The van der Waals surface area contributed by atoms with Gasteiger partial charge in [-0.3, -0.25) is 0 Å². The molecule has 0 unspecified atom stereocenters. The van der Waals surface area contributed by atoms with Crippen molar-refractivity contribution in [3.63, 3.8) is 0 Å². The summed E-state index contributed by atoms with van der Waals surface area (Å²) in [6.45, 7) is 0. The predicted molar refractivity (Wildman–Crippen MR) is 110 cm³/mol. The predicted octanol–water partition coefficient (Wildman–Crippen LogP) is 4.92. The minimum Gasteiger partial charge on any atom is -0.464 e. The number of para-hydroxylation sites is 1. The van der Waals surface area contributed by atoms with Crippen molar-refractivity contribution < 1.29 is 9.53 Å². The van der Waals surface area contributed by atoms with Gasteiger partial charge >= 0.3 is 5.97 Å². The Morgan fingerprint density at radius 1 is 0.857 bits per heavy atom. The highest BCUT2D eigenvalue weighted by molar-refractivity contribution is 5.89. The summed E-state index contributed by atoms with van der Waals surface area (Å²) in [7, 11) is 1.37. The van der Waals surface area contributed by atoms with E-state index in [9.17, 15) is 4.79 Å². The van der Waals surface area contributed by atoms with E-state index in [1.165, 1.54) is 18.2 Å². The van der Waals surface area contributed by atoms with Gasteiger partial charge in [0.15, 0.2) is 5.69 Å². The molecule has 0 fully saturated rings. The number of hydrogen-bond acceptors (Lipinski definition) is 3. The van der Waals surface area contributed by atoms with Crippen molar-refractivity contribution in [3.05, 3.63) is 108 Å².